The SMILES string of the molecule is CC(=O)C1=C(C)OP2(C)(C1c1ccccc1)N(C)CCN2C. The number of carbonyl (C=O) groups is 1. The molecule has 5 heteroatoms. The molecule has 0 amide bonds. The number of nitrogens with zero attached hydrogens (tertiary/aromatic N) is 2. The van der Waals surface area contributed by atoms with Crippen LogP contribution in [0.3, 0.4) is 0 Å². The summed E-state index contributed by atoms with van der Waals surface area (Å²) >= 11 is 0. The van der Waals surface area contributed by atoms with Crippen LogP contribution in [0.5, 0.6) is 0 Å². The minimum absolute atomic E-state index is 0.00204. The zero-order valence-corrected chi connectivity index (χ0v) is 14.9. The van der Waals surface area contributed by atoms with Crippen molar-refractivity contribution in [2.45, 2.75) is 19.5 Å². The third-order valence-corrected chi connectivity index (χ3v) is 11.7. The zero-order valence-electron chi connectivity index (χ0n) is 14.0. The molecule has 2 aliphatic heterocycles. The maximum absolute atomic E-state index is 12.4. The molecule has 0 radical (unpaired) electrons. The van der Waals surface area contributed by atoms with Crippen LogP contribution in [0, 0.1) is 0 Å². The monoisotopic (exact) mass is 320 g/mol. The first-order valence-corrected chi connectivity index (χ1v) is 10.3. The van der Waals surface area contributed by atoms with E-state index >= 15 is 0 Å². The number of Topliss-reactive ketones (excluding diaryl/α,β-unsaturated/α-hetero) is 1. The van der Waals surface area contributed by atoms with E-state index in [1.54, 1.807) is 6.92 Å². The Morgan fingerprint density at radius 1 is 1.18 bits per heavy atom. The molecule has 2 heterocycles. The summed E-state index contributed by atoms with van der Waals surface area (Å²) in [4.78, 5) is 12.4. The number of hydrogen-bond donors (Lipinski definition) is 0. The number of carbonyl (C=O) groups excluding carboxylic acids is 1. The Hall–Kier alpha value is -1.22. The fourth-order valence-corrected chi connectivity index (χ4v) is 9.52. The first-order chi connectivity index (χ1) is 10.3. The molecule has 0 aliphatic carbocycles. The Balaban J connectivity index is 2.28. The number of ketones is 1. The van der Waals surface area contributed by atoms with Crippen molar-refractivity contribution in [1.29, 1.82) is 0 Å². The van der Waals surface area contributed by atoms with Crippen molar-refractivity contribution >= 4 is 12.9 Å². The van der Waals surface area contributed by atoms with Crippen molar-refractivity contribution in [1.82, 2.24) is 9.34 Å². The van der Waals surface area contributed by atoms with Crippen molar-refractivity contribution < 1.29 is 9.32 Å². The summed E-state index contributed by atoms with van der Waals surface area (Å²) < 4.78 is 11.3. The van der Waals surface area contributed by atoms with Crippen molar-refractivity contribution in [2.24, 2.45) is 0 Å². The molecule has 0 aromatic heterocycles. The van der Waals surface area contributed by atoms with Crippen LogP contribution in [-0.4, -0.2) is 49.0 Å². The summed E-state index contributed by atoms with van der Waals surface area (Å²) in [5.41, 5.74) is 2.01. The van der Waals surface area contributed by atoms with Crippen LogP contribution < -0.4 is 0 Å². The predicted octanol–water partition coefficient (Wildman–Crippen LogP) is 3.43. The predicted molar refractivity (Wildman–Crippen MR) is 91.8 cm³/mol. The molecule has 0 N–H and O–H groups in total. The van der Waals surface area contributed by atoms with Gasteiger partial charge in [0.25, 0.3) is 0 Å². The summed E-state index contributed by atoms with van der Waals surface area (Å²) in [6.45, 7) is 7.77. The van der Waals surface area contributed by atoms with Gasteiger partial charge in [-0.15, -0.1) is 0 Å². The molecule has 22 heavy (non-hydrogen) atoms. The summed E-state index contributed by atoms with van der Waals surface area (Å²) in [6.07, 6.45) is 0. The van der Waals surface area contributed by atoms with Gasteiger partial charge in [-0.3, -0.25) is 0 Å². The van der Waals surface area contributed by atoms with Crippen LogP contribution in [-0.2, 0) is 9.32 Å². The Bertz CT molecular complexity index is 646. The van der Waals surface area contributed by atoms with Gasteiger partial charge in [0.2, 0.25) is 0 Å². The van der Waals surface area contributed by atoms with Crippen LogP contribution >= 0.6 is 7.13 Å². The first kappa shape index (κ1) is 15.7. The van der Waals surface area contributed by atoms with Gasteiger partial charge >= 0.3 is 132 Å². The van der Waals surface area contributed by atoms with Crippen LogP contribution in [0.2, 0.25) is 0 Å². The molecule has 1 spiro atoms. The van der Waals surface area contributed by atoms with Crippen molar-refractivity contribution in [3.63, 3.8) is 0 Å². The van der Waals surface area contributed by atoms with Gasteiger partial charge in [-0.2, -0.15) is 0 Å². The van der Waals surface area contributed by atoms with Crippen LogP contribution in [0.4, 0.5) is 0 Å². The first-order valence-electron chi connectivity index (χ1n) is 7.71. The molecule has 120 valence electrons. The van der Waals surface area contributed by atoms with E-state index in [1.165, 1.54) is 5.56 Å². The van der Waals surface area contributed by atoms with Crippen molar-refractivity contribution in [3.05, 3.63) is 47.2 Å². The fraction of sp³-hybridized carbons (Fsp3) is 0.471. The second-order valence-corrected chi connectivity index (χ2v) is 11.5. The van der Waals surface area contributed by atoms with Crippen LogP contribution in [0.25, 0.3) is 0 Å². The normalized spacial score (nSPS) is 29.3. The molecule has 1 fully saturated rings. The second-order valence-electron chi connectivity index (χ2n) is 6.62. The van der Waals surface area contributed by atoms with E-state index in [1.807, 2.05) is 25.1 Å². The summed E-state index contributed by atoms with van der Waals surface area (Å²) in [7, 11) is 1.40. The summed E-state index contributed by atoms with van der Waals surface area (Å²) in [5, 5.41) is 0. The Morgan fingerprint density at radius 2 is 1.73 bits per heavy atom. The third kappa shape index (κ3) is 1.78. The standard InChI is InChI=1S/C17H25N2O2P/c1-13(20)16-14(2)21-22(5,18(3)11-12-19(22)4)17(16)15-9-7-6-8-10-15/h6-10,17H,11-12H2,1-5H3. The van der Waals surface area contributed by atoms with Crippen LogP contribution in [0.1, 0.15) is 25.1 Å². The number of allylic oxidation sites excluding steroid dienone is 2. The molecule has 1 unspecified atom stereocenters. The maximum atomic E-state index is 12.4. The van der Waals surface area contributed by atoms with E-state index in [0.717, 1.165) is 24.4 Å². The molecule has 0 saturated carbocycles. The number of benzene rings is 1. The average Bonchev–Trinajstić information content (AvgIpc) is 2.87. The molecule has 4 nitrogen and oxygen atoms in total. The third-order valence-electron chi connectivity index (χ3n) is 5.51. The number of likely N-dealkylation sites (N-methyl/N-ethyl adjacent to an activating group) is 2. The zero-order chi connectivity index (χ0) is 16.1. The van der Waals surface area contributed by atoms with Gasteiger partial charge in [0, 0.05) is 0 Å². The Labute approximate surface area is 132 Å². The van der Waals surface area contributed by atoms with E-state index < -0.39 is 7.13 Å². The summed E-state index contributed by atoms with van der Waals surface area (Å²) in [6, 6.07) is 10.3. The van der Waals surface area contributed by atoms with E-state index in [0.29, 0.717) is 0 Å². The van der Waals surface area contributed by atoms with Crippen molar-refractivity contribution in [3.8, 4) is 0 Å². The van der Waals surface area contributed by atoms with Crippen molar-refractivity contribution in [2.75, 3.05) is 33.8 Å². The fourth-order valence-electron chi connectivity index (χ4n) is 4.09. The minimum atomic E-state index is -2.86. The van der Waals surface area contributed by atoms with E-state index in [2.05, 4.69) is 42.2 Å². The van der Waals surface area contributed by atoms with Gasteiger partial charge in [0.15, 0.2) is 0 Å². The number of rotatable bonds is 2. The molecular weight excluding hydrogens is 295 g/mol. The molecule has 1 atom stereocenters. The molecule has 0 bridgehead atoms. The average molecular weight is 320 g/mol. The van der Waals surface area contributed by atoms with Gasteiger partial charge < -0.3 is 0 Å². The van der Waals surface area contributed by atoms with E-state index in [4.69, 9.17) is 4.52 Å². The van der Waals surface area contributed by atoms with Gasteiger partial charge in [0.05, 0.1) is 0 Å². The Morgan fingerprint density at radius 3 is 2.23 bits per heavy atom. The Kier molecular flexibility index (Phi) is 3.48. The molecule has 2 aliphatic rings. The van der Waals surface area contributed by atoms with Gasteiger partial charge in [-0.25, -0.2) is 0 Å². The summed E-state index contributed by atoms with van der Waals surface area (Å²) in [5.74, 6) is 0.908. The molecule has 1 aromatic carbocycles. The topological polar surface area (TPSA) is 32.8 Å². The van der Waals surface area contributed by atoms with E-state index in [-0.39, 0.29) is 11.4 Å². The molecule has 1 saturated heterocycles. The van der Waals surface area contributed by atoms with Gasteiger partial charge in [-0.1, -0.05) is 0 Å². The molecular formula is C17H25N2O2P. The number of hydrogen-bond acceptors (Lipinski definition) is 4. The van der Waals surface area contributed by atoms with Gasteiger partial charge in [0.1, 0.15) is 0 Å². The van der Waals surface area contributed by atoms with Crippen LogP contribution in [0.15, 0.2) is 41.7 Å². The quantitative estimate of drug-likeness (QED) is 0.782. The molecule has 3 rings (SSSR count). The second kappa shape index (κ2) is 4.89. The molecule has 1 aromatic rings. The van der Waals surface area contributed by atoms with E-state index in [9.17, 15) is 4.79 Å². The van der Waals surface area contributed by atoms with Gasteiger partial charge in [-0.05, 0) is 0 Å².